The second kappa shape index (κ2) is 5.88. The third-order valence-electron chi connectivity index (χ3n) is 2.80. The summed E-state index contributed by atoms with van der Waals surface area (Å²) in [6.45, 7) is 1.92. The Morgan fingerprint density at radius 1 is 1.32 bits per heavy atom. The maximum atomic E-state index is 11.3. The van der Waals surface area contributed by atoms with Crippen LogP contribution in [0.15, 0.2) is 29.4 Å². The lowest BCUT2D eigenvalue weighted by atomic mass is 10.1. The minimum absolute atomic E-state index is 0.317. The number of aryl methyl sites for hydroxylation is 1. The van der Waals surface area contributed by atoms with Gasteiger partial charge in [0.15, 0.2) is 5.16 Å². The molecule has 1 heterocycles. The maximum absolute atomic E-state index is 11.3. The Bertz CT molecular complexity index is 578. The van der Waals surface area contributed by atoms with Crippen LogP contribution in [-0.2, 0) is 17.5 Å². The van der Waals surface area contributed by atoms with Crippen molar-refractivity contribution in [2.24, 2.45) is 7.05 Å². The van der Waals surface area contributed by atoms with Crippen molar-refractivity contribution >= 4 is 17.7 Å². The number of aromatic nitrogens is 3. The van der Waals surface area contributed by atoms with E-state index in [0.29, 0.717) is 5.56 Å². The molecule has 2 aromatic rings. The zero-order chi connectivity index (χ0) is 13.8. The smallest absolute Gasteiger partial charge is 0.337 e. The second-order valence-electron chi connectivity index (χ2n) is 4.07. The van der Waals surface area contributed by atoms with Crippen molar-refractivity contribution in [1.82, 2.24) is 14.8 Å². The predicted molar refractivity (Wildman–Crippen MR) is 73.1 cm³/mol. The highest BCUT2D eigenvalue weighted by Crippen LogP contribution is 2.21. The SMILES string of the molecule is COC(=O)c1ccc(CSc2nnc(C)n2C)cc1. The third-order valence-corrected chi connectivity index (χ3v) is 3.89. The molecule has 0 saturated carbocycles. The Kier molecular flexibility index (Phi) is 4.21. The van der Waals surface area contributed by atoms with Gasteiger partial charge >= 0.3 is 5.97 Å². The van der Waals surface area contributed by atoms with Crippen molar-refractivity contribution in [2.45, 2.75) is 17.8 Å². The Balaban J connectivity index is 2.00. The highest BCUT2D eigenvalue weighted by Gasteiger charge is 2.07. The molecule has 6 heteroatoms. The number of esters is 1. The molecule has 19 heavy (non-hydrogen) atoms. The summed E-state index contributed by atoms with van der Waals surface area (Å²) in [6.07, 6.45) is 0. The summed E-state index contributed by atoms with van der Waals surface area (Å²) < 4.78 is 6.61. The van der Waals surface area contributed by atoms with Gasteiger partial charge in [0.2, 0.25) is 0 Å². The Morgan fingerprint density at radius 2 is 2.00 bits per heavy atom. The van der Waals surface area contributed by atoms with E-state index in [2.05, 4.69) is 14.9 Å². The number of methoxy groups -OCH3 is 1. The molecule has 0 fully saturated rings. The van der Waals surface area contributed by atoms with E-state index in [1.807, 2.05) is 30.7 Å². The molecule has 0 atom stereocenters. The number of thioether (sulfide) groups is 1. The fourth-order valence-electron chi connectivity index (χ4n) is 1.52. The van der Waals surface area contributed by atoms with E-state index >= 15 is 0 Å². The molecule has 0 saturated heterocycles. The van der Waals surface area contributed by atoms with E-state index in [4.69, 9.17) is 0 Å². The van der Waals surface area contributed by atoms with E-state index in [0.717, 1.165) is 22.3 Å². The number of benzene rings is 1. The monoisotopic (exact) mass is 277 g/mol. The summed E-state index contributed by atoms with van der Waals surface area (Å²) in [5, 5.41) is 8.98. The van der Waals surface area contributed by atoms with Gasteiger partial charge in [-0.25, -0.2) is 4.79 Å². The number of carbonyl (C=O) groups is 1. The van der Waals surface area contributed by atoms with Crippen LogP contribution in [0, 0.1) is 6.92 Å². The molecule has 1 aromatic heterocycles. The molecule has 100 valence electrons. The number of nitrogens with zero attached hydrogens (tertiary/aromatic N) is 3. The van der Waals surface area contributed by atoms with Crippen molar-refractivity contribution in [3.63, 3.8) is 0 Å². The fraction of sp³-hybridized carbons (Fsp3) is 0.308. The Hall–Kier alpha value is -1.82. The number of hydrogen-bond acceptors (Lipinski definition) is 5. The van der Waals surface area contributed by atoms with Crippen molar-refractivity contribution in [3.8, 4) is 0 Å². The average molecular weight is 277 g/mol. The van der Waals surface area contributed by atoms with Crippen LogP contribution in [0.25, 0.3) is 0 Å². The Morgan fingerprint density at radius 3 is 2.53 bits per heavy atom. The quantitative estimate of drug-likeness (QED) is 0.633. The van der Waals surface area contributed by atoms with Crippen molar-refractivity contribution in [2.75, 3.05) is 7.11 Å². The van der Waals surface area contributed by atoms with Crippen LogP contribution in [0.4, 0.5) is 0 Å². The summed E-state index contributed by atoms with van der Waals surface area (Å²) in [4.78, 5) is 11.3. The molecule has 0 bridgehead atoms. The fourth-order valence-corrected chi connectivity index (χ4v) is 2.43. The molecule has 0 N–H and O–H groups in total. The van der Waals surface area contributed by atoms with Gasteiger partial charge in [-0.05, 0) is 24.6 Å². The van der Waals surface area contributed by atoms with Crippen LogP contribution in [-0.4, -0.2) is 27.8 Å². The molecule has 0 spiro atoms. The van der Waals surface area contributed by atoms with Crippen LogP contribution in [0.5, 0.6) is 0 Å². The number of carbonyl (C=O) groups excluding carboxylic acids is 1. The first-order valence-electron chi connectivity index (χ1n) is 5.78. The highest BCUT2D eigenvalue weighted by molar-refractivity contribution is 7.98. The molecular formula is C13H15N3O2S. The molecule has 0 unspecified atom stereocenters. The average Bonchev–Trinajstić information content (AvgIpc) is 2.76. The zero-order valence-corrected chi connectivity index (χ0v) is 11.9. The van der Waals surface area contributed by atoms with E-state index in [-0.39, 0.29) is 5.97 Å². The van der Waals surface area contributed by atoms with Gasteiger partial charge in [-0.1, -0.05) is 23.9 Å². The minimum atomic E-state index is -0.317. The predicted octanol–water partition coefficient (Wildman–Crippen LogP) is 2.20. The van der Waals surface area contributed by atoms with Gasteiger partial charge in [0.1, 0.15) is 5.82 Å². The molecule has 0 aliphatic heterocycles. The lowest BCUT2D eigenvalue weighted by molar-refractivity contribution is 0.0600. The first kappa shape index (κ1) is 13.6. The van der Waals surface area contributed by atoms with Crippen LogP contribution in [0.3, 0.4) is 0 Å². The largest absolute Gasteiger partial charge is 0.465 e. The van der Waals surface area contributed by atoms with Gasteiger partial charge in [-0.15, -0.1) is 10.2 Å². The summed E-state index contributed by atoms with van der Waals surface area (Å²) in [6, 6.07) is 7.37. The van der Waals surface area contributed by atoms with Gasteiger partial charge in [0.05, 0.1) is 12.7 Å². The third kappa shape index (κ3) is 3.14. The lowest BCUT2D eigenvalue weighted by Crippen LogP contribution is -2.00. The molecule has 1 aromatic carbocycles. The molecule has 0 radical (unpaired) electrons. The summed E-state index contributed by atoms with van der Waals surface area (Å²) in [5.74, 6) is 1.36. The van der Waals surface area contributed by atoms with E-state index in [1.165, 1.54) is 7.11 Å². The second-order valence-corrected chi connectivity index (χ2v) is 5.01. The van der Waals surface area contributed by atoms with Gasteiger partial charge < -0.3 is 9.30 Å². The first-order valence-corrected chi connectivity index (χ1v) is 6.76. The summed E-state index contributed by atoms with van der Waals surface area (Å²) >= 11 is 1.61. The Labute approximate surface area is 116 Å². The minimum Gasteiger partial charge on any atom is -0.465 e. The number of rotatable bonds is 4. The van der Waals surface area contributed by atoms with Gasteiger partial charge in [-0.2, -0.15) is 0 Å². The number of hydrogen-bond donors (Lipinski definition) is 0. The molecule has 0 amide bonds. The van der Waals surface area contributed by atoms with Crippen LogP contribution in [0.2, 0.25) is 0 Å². The number of ether oxygens (including phenoxy) is 1. The normalized spacial score (nSPS) is 10.5. The van der Waals surface area contributed by atoms with Crippen LogP contribution >= 0.6 is 11.8 Å². The standard InChI is InChI=1S/C13H15N3O2S/c1-9-14-15-13(16(9)2)19-8-10-4-6-11(7-5-10)12(17)18-3/h4-7H,8H2,1-3H3. The van der Waals surface area contributed by atoms with Crippen LogP contribution in [0.1, 0.15) is 21.7 Å². The van der Waals surface area contributed by atoms with E-state index < -0.39 is 0 Å². The van der Waals surface area contributed by atoms with Crippen molar-refractivity contribution in [1.29, 1.82) is 0 Å². The topological polar surface area (TPSA) is 57.0 Å². The molecule has 2 rings (SSSR count). The van der Waals surface area contributed by atoms with Crippen LogP contribution < -0.4 is 0 Å². The van der Waals surface area contributed by atoms with E-state index in [1.54, 1.807) is 23.9 Å². The summed E-state index contributed by atoms with van der Waals surface area (Å²) in [5.41, 5.74) is 1.68. The first-order chi connectivity index (χ1) is 9.11. The van der Waals surface area contributed by atoms with Crippen molar-refractivity contribution in [3.05, 3.63) is 41.2 Å². The maximum Gasteiger partial charge on any atom is 0.337 e. The van der Waals surface area contributed by atoms with Crippen molar-refractivity contribution < 1.29 is 9.53 Å². The zero-order valence-electron chi connectivity index (χ0n) is 11.1. The van der Waals surface area contributed by atoms with Gasteiger partial charge in [0.25, 0.3) is 0 Å². The van der Waals surface area contributed by atoms with Gasteiger partial charge in [-0.3, -0.25) is 0 Å². The van der Waals surface area contributed by atoms with Gasteiger partial charge in [0, 0.05) is 12.8 Å². The molecule has 5 nitrogen and oxygen atoms in total. The molecule has 0 aliphatic carbocycles. The highest BCUT2D eigenvalue weighted by atomic mass is 32.2. The molecule has 0 aliphatic rings. The summed E-state index contributed by atoms with van der Waals surface area (Å²) in [7, 11) is 3.32. The van der Waals surface area contributed by atoms with E-state index in [9.17, 15) is 4.79 Å². The molecular weight excluding hydrogens is 262 g/mol. The lowest BCUT2D eigenvalue weighted by Gasteiger charge is -2.03.